The molecule has 29 heavy (non-hydrogen) atoms. The summed E-state index contributed by atoms with van der Waals surface area (Å²) in [5, 5.41) is 2.89. The van der Waals surface area contributed by atoms with Crippen LogP contribution < -0.4 is 10.2 Å². The number of nitrogens with zero attached hydrogens (tertiary/aromatic N) is 2. The van der Waals surface area contributed by atoms with E-state index in [1.165, 1.54) is 17.0 Å². The van der Waals surface area contributed by atoms with Crippen LogP contribution >= 0.6 is 0 Å². The first-order chi connectivity index (χ1) is 13.9. The molecule has 0 radical (unpaired) electrons. The molecular weight excluding hydrogens is 371 g/mol. The third-order valence-corrected chi connectivity index (χ3v) is 6.28. The van der Waals surface area contributed by atoms with Gasteiger partial charge >= 0.3 is 6.03 Å². The molecule has 0 unspecified atom stereocenters. The number of hydrogen-bond acceptors (Lipinski definition) is 2. The van der Waals surface area contributed by atoms with Crippen molar-refractivity contribution in [2.45, 2.75) is 45.7 Å². The normalized spacial score (nSPS) is 20.4. The van der Waals surface area contributed by atoms with Gasteiger partial charge < -0.3 is 15.1 Å². The van der Waals surface area contributed by atoms with Gasteiger partial charge in [0.05, 0.1) is 43.5 Å². The summed E-state index contributed by atoms with van der Waals surface area (Å²) in [6, 6.07) is 5.28. The van der Waals surface area contributed by atoms with Gasteiger partial charge in [-0.3, -0.25) is 9.69 Å². The first kappa shape index (κ1) is 21.3. The van der Waals surface area contributed by atoms with Crippen LogP contribution in [0.4, 0.5) is 9.18 Å². The molecule has 2 aliphatic rings. The van der Waals surface area contributed by atoms with E-state index in [9.17, 15) is 14.0 Å². The molecule has 1 aromatic rings. The van der Waals surface area contributed by atoms with Gasteiger partial charge in [0.2, 0.25) is 0 Å². The van der Waals surface area contributed by atoms with E-state index in [4.69, 9.17) is 0 Å². The van der Waals surface area contributed by atoms with E-state index in [1.807, 2.05) is 4.90 Å². The van der Waals surface area contributed by atoms with Crippen molar-refractivity contribution in [1.82, 2.24) is 15.1 Å². The van der Waals surface area contributed by atoms with Crippen molar-refractivity contribution in [3.8, 4) is 0 Å². The van der Waals surface area contributed by atoms with Crippen molar-refractivity contribution in [2.75, 3.05) is 33.2 Å². The summed E-state index contributed by atoms with van der Waals surface area (Å²) in [5.74, 6) is -0.380. The maximum absolute atomic E-state index is 13.3. The number of carbonyl (C=O) groups is 2. The lowest BCUT2D eigenvalue weighted by Crippen LogP contribution is -3.11. The minimum absolute atomic E-state index is 0.0381. The minimum Gasteiger partial charge on any atom is -0.335 e. The van der Waals surface area contributed by atoms with Crippen LogP contribution in [0.25, 0.3) is 0 Å². The number of likely N-dealkylation sites (N-methyl/N-ethyl adjacent to an activating group) is 1. The average Bonchev–Trinajstić information content (AvgIpc) is 3.06. The molecular formula is C22H32FN4O2+. The van der Waals surface area contributed by atoms with E-state index < -0.39 is 6.04 Å². The molecule has 0 saturated carbocycles. The van der Waals surface area contributed by atoms with Crippen LogP contribution in [-0.4, -0.2) is 61.0 Å². The summed E-state index contributed by atoms with van der Waals surface area (Å²) in [6.45, 7) is 10.2. The second kappa shape index (κ2) is 8.95. The Hall–Kier alpha value is -2.41. The van der Waals surface area contributed by atoms with E-state index in [0.29, 0.717) is 17.7 Å². The molecule has 0 saturated heterocycles. The SMILES string of the molecule is CC[NH+](CC)CCC[C@H](C)N1CC2=C(C1=O)[C@H](c1ccc(F)cc1)NC(=O)N2C. The predicted octanol–water partition coefficient (Wildman–Crippen LogP) is 1.71. The second-order valence-electron chi connectivity index (χ2n) is 7.98. The van der Waals surface area contributed by atoms with Crippen LogP contribution in [0.5, 0.6) is 0 Å². The van der Waals surface area contributed by atoms with E-state index >= 15 is 0 Å². The van der Waals surface area contributed by atoms with E-state index in [2.05, 4.69) is 26.1 Å². The number of hydrogen-bond donors (Lipinski definition) is 2. The lowest BCUT2D eigenvalue weighted by Gasteiger charge is -2.31. The Labute approximate surface area is 172 Å². The highest BCUT2D eigenvalue weighted by molar-refractivity contribution is 6.01. The molecule has 0 spiro atoms. The largest absolute Gasteiger partial charge is 0.335 e. The van der Waals surface area contributed by atoms with Crippen molar-refractivity contribution in [3.63, 3.8) is 0 Å². The molecule has 158 valence electrons. The van der Waals surface area contributed by atoms with Crippen LogP contribution in [-0.2, 0) is 4.79 Å². The summed E-state index contributed by atoms with van der Waals surface area (Å²) >= 11 is 0. The maximum Gasteiger partial charge on any atom is 0.322 e. The molecule has 0 bridgehead atoms. The van der Waals surface area contributed by atoms with Crippen molar-refractivity contribution >= 4 is 11.9 Å². The molecule has 2 N–H and O–H groups in total. The summed E-state index contributed by atoms with van der Waals surface area (Å²) in [5.41, 5.74) is 2.06. The number of quaternary nitrogens is 1. The number of benzene rings is 1. The fraction of sp³-hybridized carbons (Fsp3) is 0.545. The highest BCUT2D eigenvalue weighted by Gasteiger charge is 2.44. The van der Waals surface area contributed by atoms with Crippen LogP contribution in [0.15, 0.2) is 35.5 Å². The van der Waals surface area contributed by atoms with Gasteiger partial charge in [-0.2, -0.15) is 0 Å². The Morgan fingerprint density at radius 2 is 1.86 bits per heavy atom. The van der Waals surface area contributed by atoms with Crippen LogP contribution in [0.1, 0.15) is 45.2 Å². The Morgan fingerprint density at radius 3 is 2.48 bits per heavy atom. The van der Waals surface area contributed by atoms with Crippen molar-refractivity contribution in [1.29, 1.82) is 0 Å². The predicted molar refractivity (Wildman–Crippen MR) is 110 cm³/mol. The Morgan fingerprint density at radius 1 is 1.21 bits per heavy atom. The molecule has 1 aromatic carbocycles. The van der Waals surface area contributed by atoms with Gasteiger partial charge in [-0.15, -0.1) is 0 Å². The summed E-state index contributed by atoms with van der Waals surface area (Å²) in [6.07, 6.45) is 1.99. The zero-order valence-electron chi connectivity index (χ0n) is 17.8. The highest BCUT2D eigenvalue weighted by Crippen LogP contribution is 2.36. The first-order valence-corrected chi connectivity index (χ1v) is 10.5. The average molecular weight is 404 g/mol. The van der Waals surface area contributed by atoms with Gasteiger partial charge in [-0.05, 0) is 51.3 Å². The molecule has 2 atom stereocenters. The van der Waals surface area contributed by atoms with Crippen molar-refractivity contribution in [2.24, 2.45) is 0 Å². The van der Waals surface area contributed by atoms with Gasteiger partial charge in [-0.1, -0.05) is 12.1 Å². The quantitative estimate of drug-likeness (QED) is 0.694. The molecule has 6 nitrogen and oxygen atoms in total. The summed E-state index contributed by atoms with van der Waals surface area (Å²) in [4.78, 5) is 30.7. The molecule has 0 aromatic heterocycles. The first-order valence-electron chi connectivity index (χ1n) is 10.5. The van der Waals surface area contributed by atoms with E-state index in [-0.39, 0.29) is 23.8 Å². The van der Waals surface area contributed by atoms with Crippen molar-refractivity contribution < 1.29 is 18.9 Å². The monoisotopic (exact) mass is 403 g/mol. The van der Waals surface area contributed by atoms with Crippen LogP contribution in [0.2, 0.25) is 0 Å². The molecule has 7 heteroatoms. The third kappa shape index (κ3) is 4.29. The van der Waals surface area contributed by atoms with Gasteiger partial charge in [0.1, 0.15) is 5.82 Å². The minimum atomic E-state index is -0.542. The molecule has 2 heterocycles. The number of rotatable bonds is 8. The van der Waals surface area contributed by atoms with Crippen LogP contribution in [0.3, 0.4) is 0 Å². The Kier molecular flexibility index (Phi) is 6.57. The Bertz CT molecular complexity index is 789. The molecule has 3 rings (SSSR count). The maximum atomic E-state index is 13.3. The molecule has 0 fully saturated rings. The standard InChI is InChI=1S/C22H31FN4O2/c1-5-26(6-2)13-7-8-15(3)27-14-18-19(21(27)28)20(24-22(29)25(18)4)16-9-11-17(23)12-10-16/h9-12,15,20H,5-8,13-14H2,1-4H3,(H,24,29)/p+1/t15-,20-/m0/s1. The number of urea groups is 1. The lowest BCUT2D eigenvalue weighted by atomic mass is 9.95. The number of carbonyl (C=O) groups excluding carboxylic acids is 2. The summed E-state index contributed by atoms with van der Waals surface area (Å²) < 4.78 is 13.3. The third-order valence-electron chi connectivity index (χ3n) is 6.28. The van der Waals surface area contributed by atoms with Gasteiger partial charge in [0.15, 0.2) is 0 Å². The highest BCUT2D eigenvalue weighted by atomic mass is 19.1. The number of nitrogens with one attached hydrogen (secondary N) is 2. The zero-order valence-corrected chi connectivity index (χ0v) is 17.8. The lowest BCUT2D eigenvalue weighted by molar-refractivity contribution is -0.896. The van der Waals surface area contributed by atoms with Gasteiger partial charge in [0, 0.05) is 13.1 Å². The van der Waals surface area contributed by atoms with Crippen molar-refractivity contribution in [3.05, 3.63) is 46.9 Å². The fourth-order valence-electron chi connectivity index (χ4n) is 4.26. The second-order valence-corrected chi connectivity index (χ2v) is 7.98. The number of halogens is 1. The molecule has 3 amide bonds. The van der Waals surface area contributed by atoms with E-state index in [1.54, 1.807) is 24.1 Å². The van der Waals surface area contributed by atoms with Gasteiger partial charge in [-0.25, -0.2) is 9.18 Å². The van der Waals surface area contributed by atoms with E-state index in [0.717, 1.165) is 38.2 Å². The fourth-order valence-corrected chi connectivity index (χ4v) is 4.26. The van der Waals surface area contributed by atoms with Gasteiger partial charge in [0.25, 0.3) is 5.91 Å². The summed E-state index contributed by atoms with van der Waals surface area (Å²) in [7, 11) is 1.69. The molecule has 2 aliphatic heterocycles. The smallest absolute Gasteiger partial charge is 0.322 e. The number of amides is 3. The Balaban J connectivity index is 1.76. The topological polar surface area (TPSA) is 57.1 Å². The zero-order chi connectivity index (χ0) is 21.1. The molecule has 0 aliphatic carbocycles. The van der Waals surface area contributed by atoms with Crippen LogP contribution in [0, 0.1) is 5.82 Å².